The van der Waals surface area contributed by atoms with Crippen LogP contribution in [0.3, 0.4) is 0 Å². The van der Waals surface area contributed by atoms with Gasteiger partial charge in [0.15, 0.2) is 11.5 Å². The molecule has 2 N–H and O–H groups in total. The molecule has 1 aromatic carbocycles. The van der Waals surface area contributed by atoms with Crippen LogP contribution in [0.5, 0.6) is 11.5 Å². The average Bonchev–Trinajstić information content (AvgIpc) is 2.75. The third-order valence-electron chi connectivity index (χ3n) is 2.02. The molecule has 0 bridgehead atoms. The predicted octanol–water partition coefficient (Wildman–Crippen LogP) is 2.40. The number of nitrogens with zero attached hydrogens (tertiary/aromatic N) is 1. The molecule has 0 atom stereocenters. The van der Waals surface area contributed by atoms with Gasteiger partial charge in [-0.25, -0.2) is 4.98 Å². The maximum absolute atomic E-state index is 9.66. The van der Waals surface area contributed by atoms with Crippen LogP contribution in [0.15, 0.2) is 24.5 Å². The van der Waals surface area contributed by atoms with Crippen molar-refractivity contribution < 1.29 is 9.84 Å². The standard InChI is InChI=1S/C10H9IN2O2/c1-15-8-5-6(4-7(11)9(8)14)10-12-2-3-13-10/h2-5,14H,1H3,(H,12,13). The van der Waals surface area contributed by atoms with Crippen molar-refractivity contribution in [2.24, 2.45) is 0 Å². The number of H-pyrrole nitrogens is 1. The fourth-order valence-corrected chi connectivity index (χ4v) is 1.89. The fourth-order valence-electron chi connectivity index (χ4n) is 1.29. The molecule has 1 heterocycles. The Labute approximate surface area is 100 Å². The van der Waals surface area contributed by atoms with E-state index < -0.39 is 0 Å². The Hall–Kier alpha value is -1.24. The third-order valence-corrected chi connectivity index (χ3v) is 2.84. The van der Waals surface area contributed by atoms with Crippen molar-refractivity contribution in [3.8, 4) is 22.9 Å². The summed E-state index contributed by atoms with van der Waals surface area (Å²) in [5.41, 5.74) is 0.888. The Morgan fingerprint density at radius 1 is 1.47 bits per heavy atom. The molecule has 0 fully saturated rings. The number of methoxy groups -OCH3 is 1. The highest BCUT2D eigenvalue weighted by Crippen LogP contribution is 2.35. The zero-order valence-electron chi connectivity index (χ0n) is 7.99. The highest BCUT2D eigenvalue weighted by molar-refractivity contribution is 14.1. The normalized spacial score (nSPS) is 10.3. The minimum atomic E-state index is 0.161. The average molecular weight is 316 g/mol. The quantitative estimate of drug-likeness (QED) is 0.837. The minimum absolute atomic E-state index is 0.161. The number of rotatable bonds is 2. The molecule has 0 unspecified atom stereocenters. The van der Waals surface area contributed by atoms with Crippen molar-refractivity contribution in [2.45, 2.75) is 0 Å². The largest absolute Gasteiger partial charge is 0.504 e. The number of aromatic hydroxyl groups is 1. The van der Waals surface area contributed by atoms with Gasteiger partial charge in [-0.15, -0.1) is 0 Å². The first kappa shape index (κ1) is 10.3. The molecule has 0 aliphatic rings. The van der Waals surface area contributed by atoms with Gasteiger partial charge >= 0.3 is 0 Å². The summed E-state index contributed by atoms with van der Waals surface area (Å²) < 4.78 is 5.80. The van der Waals surface area contributed by atoms with Crippen LogP contribution in [0.2, 0.25) is 0 Å². The maximum atomic E-state index is 9.66. The summed E-state index contributed by atoms with van der Waals surface area (Å²) in [5, 5.41) is 9.66. The molecule has 0 aliphatic carbocycles. The molecule has 78 valence electrons. The van der Waals surface area contributed by atoms with Crippen LogP contribution < -0.4 is 4.74 Å². The van der Waals surface area contributed by atoms with Gasteiger partial charge in [0.25, 0.3) is 0 Å². The summed E-state index contributed by atoms with van der Waals surface area (Å²) in [6, 6.07) is 3.59. The van der Waals surface area contributed by atoms with E-state index >= 15 is 0 Å². The summed E-state index contributed by atoms with van der Waals surface area (Å²) in [7, 11) is 1.52. The van der Waals surface area contributed by atoms with Crippen molar-refractivity contribution >= 4 is 22.6 Å². The number of hydrogen-bond donors (Lipinski definition) is 2. The first-order valence-corrected chi connectivity index (χ1v) is 5.36. The number of aromatic nitrogens is 2. The Bertz CT molecular complexity index is 469. The monoisotopic (exact) mass is 316 g/mol. The molecule has 0 amide bonds. The van der Waals surface area contributed by atoms with Gasteiger partial charge < -0.3 is 14.8 Å². The molecule has 2 rings (SSSR count). The van der Waals surface area contributed by atoms with Gasteiger partial charge in [-0.05, 0) is 34.7 Å². The van der Waals surface area contributed by atoms with Crippen LogP contribution >= 0.6 is 22.6 Å². The molecular formula is C10H9IN2O2. The van der Waals surface area contributed by atoms with Crippen LogP contribution in [0.1, 0.15) is 0 Å². The second kappa shape index (κ2) is 4.09. The van der Waals surface area contributed by atoms with E-state index in [1.165, 1.54) is 7.11 Å². The maximum Gasteiger partial charge on any atom is 0.171 e. The van der Waals surface area contributed by atoms with Crippen molar-refractivity contribution in [3.63, 3.8) is 0 Å². The van der Waals surface area contributed by atoms with E-state index in [9.17, 15) is 5.11 Å². The first-order valence-electron chi connectivity index (χ1n) is 4.28. The van der Waals surface area contributed by atoms with E-state index in [2.05, 4.69) is 32.6 Å². The fraction of sp³-hybridized carbons (Fsp3) is 0.100. The molecule has 1 aromatic heterocycles. The van der Waals surface area contributed by atoms with Gasteiger partial charge in [0.1, 0.15) is 5.82 Å². The predicted molar refractivity (Wildman–Crippen MR) is 65.0 cm³/mol. The van der Waals surface area contributed by atoms with Crippen molar-refractivity contribution in [1.29, 1.82) is 0 Å². The molecule has 5 heteroatoms. The van der Waals surface area contributed by atoms with Crippen molar-refractivity contribution in [1.82, 2.24) is 9.97 Å². The van der Waals surface area contributed by atoms with Gasteiger partial charge in [-0.3, -0.25) is 0 Å². The lowest BCUT2D eigenvalue weighted by molar-refractivity contribution is 0.372. The topological polar surface area (TPSA) is 58.1 Å². The van der Waals surface area contributed by atoms with Crippen LogP contribution in [-0.2, 0) is 0 Å². The summed E-state index contributed by atoms with van der Waals surface area (Å²) in [5.74, 6) is 1.37. The van der Waals surface area contributed by atoms with Crippen LogP contribution in [-0.4, -0.2) is 22.2 Å². The number of hydrogen-bond acceptors (Lipinski definition) is 3. The number of phenolic OH excluding ortho intramolecular Hbond substituents is 1. The first-order chi connectivity index (χ1) is 7.22. The van der Waals surface area contributed by atoms with Gasteiger partial charge in [0, 0.05) is 18.0 Å². The second-order valence-electron chi connectivity index (χ2n) is 2.95. The van der Waals surface area contributed by atoms with Gasteiger partial charge in [-0.2, -0.15) is 0 Å². The van der Waals surface area contributed by atoms with E-state index in [1.54, 1.807) is 18.5 Å². The summed E-state index contributed by atoms with van der Waals surface area (Å²) >= 11 is 2.05. The Morgan fingerprint density at radius 3 is 2.87 bits per heavy atom. The van der Waals surface area contributed by atoms with E-state index in [-0.39, 0.29) is 5.75 Å². The Balaban J connectivity index is 2.55. The number of nitrogens with one attached hydrogen (secondary N) is 1. The lowest BCUT2D eigenvalue weighted by atomic mass is 10.2. The molecule has 15 heavy (non-hydrogen) atoms. The highest BCUT2D eigenvalue weighted by atomic mass is 127. The molecule has 0 spiro atoms. The number of aromatic amines is 1. The molecule has 0 saturated carbocycles. The lowest BCUT2D eigenvalue weighted by Gasteiger charge is -2.07. The number of imidazole rings is 1. The number of halogens is 1. The van der Waals surface area contributed by atoms with Crippen molar-refractivity contribution in [3.05, 3.63) is 28.1 Å². The smallest absolute Gasteiger partial charge is 0.171 e. The van der Waals surface area contributed by atoms with Crippen LogP contribution in [0.4, 0.5) is 0 Å². The Kier molecular flexibility index (Phi) is 2.81. The van der Waals surface area contributed by atoms with Crippen LogP contribution in [0.25, 0.3) is 11.4 Å². The molecule has 2 aromatic rings. The zero-order valence-corrected chi connectivity index (χ0v) is 10.1. The number of ether oxygens (including phenoxy) is 1. The van der Waals surface area contributed by atoms with E-state index in [4.69, 9.17) is 4.74 Å². The van der Waals surface area contributed by atoms with E-state index in [0.29, 0.717) is 5.75 Å². The molecule has 0 radical (unpaired) electrons. The Morgan fingerprint density at radius 2 is 2.27 bits per heavy atom. The highest BCUT2D eigenvalue weighted by Gasteiger charge is 2.10. The van der Waals surface area contributed by atoms with Gasteiger partial charge in [-0.1, -0.05) is 0 Å². The van der Waals surface area contributed by atoms with E-state index in [0.717, 1.165) is 15.0 Å². The summed E-state index contributed by atoms with van der Waals surface area (Å²) in [6.45, 7) is 0. The molecule has 0 aliphatic heterocycles. The zero-order chi connectivity index (χ0) is 10.8. The van der Waals surface area contributed by atoms with Crippen LogP contribution in [0, 0.1) is 3.57 Å². The second-order valence-corrected chi connectivity index (χ2v) is 4.11. The SMILES string of the molecule is COc1cc(-c2ncc[nH]2)cc(I)c1O. The van der Waals surface area contributed by atoms with E-state index in [1.807, 2.05) is 6.07 Å². The summed E-state index contributed by atoms with van der Waals surface area (Å²) in [4.78, 5) is 7.14. The lowest BCUT2D eigenvalue weighted by Crippen LogP contribution is -1.89. The minimum Gasteiger partial charge on any atom is -0.504 e. The molecule has 4 nitrogen and oxygen atoms in total. The summed E-state index contributed by atoms with van der Waals surface area (Å²) in [6.07, 6.45) is 3.43. The third kappa shape index (κ3) is 1.92. The van der Waals surface area contributed by atoms with Gasteiger partial charge in [0.05, 0.1) is 10.7 Å². The molecular weight excluding hydrogens is 307 g/mol. The number of benzene rings is 1. The number of phenols is 1. The van der Waals surface area contributed by atoms with Crippen molar-refractivity contribution in [2.75, 3.05) is 7.11 Å². The molecule has 0 saturated heterocycles. The van der Waals surface area contributed by atoms with Gasteiger partial charge in [0.2, 0.25) is 0 Å².